The molecule has 4 aromatic rings. The monoisotopic (exact) mass is 553 g/mol. The molecule has 1 aliphatic heterocycles. The van der Waals surface area contributed by atoms with E-state index in [1.165, 1.54) is 45.4 Å². The van der Waals surface area contributed by atoms with Gasteiger partial charge in [0, 0.05) is 23.6 Å². The first kappa shape index (κ1) is 25.9. The first-order chi connectivity index (χ1) is 20.8. The largest absolute Gasteiger partial charge is 0.493 e. The average Bonchev–Trinajstić information content (AvgIpc) is 3.21. The maximum Gasteiger partial charge on any atom is 0.166 e. The fourth-order valence-electron chi connectivity index (χ4n) is 8.84. The lowest BCUT2D eigenvalue weighted by molar-refractivity contribution is 0.00543. The molecule has 0 spiro atoms. The number of fused-ring (bicyclic) bond motifs is 3. The fourth-order valence-corrected chi connectivity index (χ4v) is 8.84. The van der Waals surface area contributed by atoms with Crippen molar-refractivity contribution in [2.75, 3.05) is 13.7 Å². The molecule has 0 unspecified atom stereocenters. The number of hydrogen-bond donors (Lipinski definition) is 0. The quantitative estimate of drug-likeness (QED) is 0.234. The average molecular weight is 554 g/mol. The third kappa shape index (κ3) is 4.05. The molecule has 1 heterocycles. The van der Waals surface area contributed by atoms with Gasteiger partial charge in [-0.3, -0.25) is 4.90 Å². The van der Waals surface area contributed by atoms with Gasteiger partial charge in [0.05, 0.1) is 13.2 Å². The predicted octanol–water partition coefficient (Wildman–Crippen LogP) is 8.00. The molecule has 42 heavy (non-hydrogen) atoms. The van der Waals surface area contributed by atoms with Crippen LogP contribution in [0.5, 0.6) is 11.5 Å². The van der Waals surface area contributed by atoms with E-state index in [2.05, 4.69) is 108 Å². The van der Waals surface area contributed by atoms with E-state index >= 15 is 0 Å². The van der Waals surface area contributed by atoms with Crippen LogP contribution in [0.25, 0.3) is 0 Å². The highest BCUT2D eigenvalue weighted by atomic mass is 16.5. The molecular weight excluding hydrogens is 514 g/mol. The third-order valence-electron chi connectivity index (χ3n) is 10.6. The van der Waals surface area contributed by atoms with Crippen molar-refractivity contribution in [3.8, 4) is 11.5 Å². The molecule has 0 radical (unpaired) electrons. The molecule has 212 valence electrons. The molecule has 3 aliphatic carbocycles. The Morgan fingerprint density at radius 3 is 2.26 bits per heavy atom. The number of likely N-dealkylation sites (tertiary alicyclic amines) is 1. The molecular formula is C39H39NO2. The number of hydrogen-bond acceptors (Lipinski definition) is 3. The maximum atomic E-state index is 6.73. The van der Waals surface area contributed by atoms with Crippen molar-refractivity contribution in [1.82, 2.24) is 4.90 Å². The van der Waals surface area contributed by atoms with E-state index in [1.807, 2.05) is 0 Å². The van der Waals surface area contributed by atoms with Crippen LogP contribution in [0.15, 0.2) is 103 Å². The maximum absolute atomic E-state index is 6.73. The zero-order chi connectivity index (χ0) is 28.1. The third-order valence-corrected chi connectivity index (χ3v) is 10.6. The molecule has 0 aromatic heterocycles. The van der Waals surface area contributed by atoms with Crippen LogP contribution in [0.4, 0.5) is 0 Å². The van der Waals surface area contributed by atoms with Gasteiger partial charge >= 0.3 is 0 Å². The van der Waals surface area contributed by atoms with Gasteiger partial charge < -0.3 is 9.47 Å². The van der Waals surface area contributed by atoms with Gasteiger partial charge in [0.15, 0.2) is 11.5 Å². The lowest BCUT2D eigenvalue weighted by Gasteiger charge is -2.59. The summed E-state index contributed by atoms with van der Waals surface area (Å²) in [6.07, 6.45) is 11.7. The first-order valence-electron chi connectivity index (χ1n) is 15.7. The summed E-state index contributed by atoms with van der Waals surface area (Å²) in [6, 6.07) is 34.2. The Hall–Kier alpha value is -3.82. The van der Waals surface area contributed by atoms with E-state index in [4.69, 9.17) is 9.47 Å². The van der Waals surface area contributed by atoms with E-state index in [0.717, 1.165) is 50.1 Å². The van der Waals surface area contributed by atoms with E-state index in [1.54, 1.807) is 7.11 Å². The number of aryl methyl sites for hydroxylation is 2. The number of allylic oxidation sites excluding steroid dienone is 2. The molecule has 1 saturated heterocycles. The summed E-state index contributed by atoms with van der Waals surface area (Å²) in [5, 5.41) is 0. The minimum Gasteiger partial charge on any atom is -0.493 e. The topological polar surface area (TPSA) is 21.7 Å². The molecule has 4 aromatic carbocycles. The second kappa shape index (κ2) is 10.5. The van der Waals surface area contributed by atoms with Crippen LogP contribution in [0.3, 0.4) is 0 Å². The van der Waals surface area contributed by atoms with Gasteiger partial charge in [0.2, 0.25) is 0 Å². The van der Waals surface area contributed by atoms with Crippen LogP contribution in [0, 0.1) is 5.92 Å². The molecule has 4 aliphatic rings. The SMILES string of the molecule is COc1ccc2c(c1OCc1ccccc1)[C@@]13C=CCC[C@H]1[C@@H](C2)N(C1c2ccccc2CCc2ccccc21)CC3. The minimum atomic E-state index is -0.0304. The number of ether oxygens (including phenoxy) is 2. The summed E-state index contributed by atoms with van der Waals surface area (Å²) in [5.74, 6) is 2.34. The van der Waals surface area contributed by atoms with Crippen molar-refractivity contribution in [1.29, 1.82) is 0 Å². The molecule has 2 bridgehead atoms. The lowest BCUT2D eigenvalue weighted by Crippen LogP contribution is -2.60. The number of rotatable bonds is 5. The number of piperidine rings is 1. The molecule has 1 fully saturated rings. The normalized spacial score (nSPS) is 24.5. The molecule has 3 atom stereocenters. The standard InChI is InChI=1S/C39H39NO2/c1-41-35-21-20-30-25-34-33-17-9-10-22-39(33,36(30)38(35)42-26-27-11-3-2-4-12-27)23-24-40(34)37-31-15-7-5-13-28(31)18-19-29-14-6-8-16-32(29)37/h2-8,10-16,20-22,33-34,37H,9,17-19,23-26H2,1H3/t33-,34+,39+/m0/s1. The van der Waals surface area contributed by atoms with Gasteiger partial charge in [-0.15, -0.1) is 0 Å². The van der Waals surface area contributed by atoms with E-state index < -0.39 is 0 Å². The van der Waals surface area contributed by atoms with Crippen molar-refractivity contribution >= 4 is 0 Å². The zero-order valence-electron chi connectivity index (χ0n) is 24.5. The summed E-state index contributed by atoms with van der Waals surface area (Å²) >= 11 is 0. The predicted molar refractivity (Wildman–Crippen MR) is 168 cm³/mol. The Kier molecular flexibility index (Phi) is 6.45. The lowest BCUT2D eigenvalue weighted by atomic mass is 9.54. The highest BCUT2D eigenvalue weighted by molar-refractivity contribution is 5.59. The molecule has 3 heteroatoms. The Morgan fingerprint density at radius 2 is 1.52 bits per heavy atom. The van der Waals surface area contributed by atoms with Crippen LogP contribution in [0.2, 0.25) is 0 Å². The van der Waals surface area contributed by atoms with Gasteiger partial charge in [-0.05, 0) is 83.9 Å². The van der Waals surface area contributed by atoms with Gasteiger partial charge in [-0.1, -0.05) is 97.1 Å². The number of benzene rings is 4. The smallest absolute Gasteiger partial charge is 0.166 e. The van der Waals surface area contributed by atoms with Gasteiger partial charge in [-0.2, -0.15) is 0 Å². The molecule has 3 nitrogen and oxygen atoms in total. The summed E-state index contributed by atoms with van der Waals surface area (Å²) in [7, 11) is 1.78. The van der Waals surface area contributed by atoms with Crippen LogP contribution in [-0.2, 0) is 31.3 Å². The molecule has 8 rings (SSSR count). The Balaban J connectivity index is 1.25. The Bertz CT molecular complexity index is 1590. The van der Waals surface area contributed by atoms with Crippen LogP contribution in [0.1, 0.15) is 64.2 Å². The van der Waals surface area contributed by atoms with Gasteiger partial charge in [0.1, 0.15) is 6.61 Å². The molecule has 0 N–H and O–H groups in total. The van der Waals surface area contributed by atoms with Crippen molar-refractivity contribution in [3.63, 3.8) is 0 Å². The highest BCUT2D eigenvalue weighted by Crippen LogP contribution is 2.59. The van der Waals surface area contributed by atoms with Crippen LogP contribution < -0.4 is 9.47 Å². The second-order valence-corrected chi connectivity index (χ2v) is 12.6. The summed E-state index contributed by atoms with van der Waals surface area (Å²) < 4.78 is 12.7. The van der Waals surface area contributed by atoms with Crippen molar-refractivity contribution in [3.05, 3.63) is 142 Å². The second-order valence-electron chi connectivity index (χ2n) is 12.6. The van der Waals surface area contributed by atoms with E-state index in [0.29, 0.717) is 24.6 Å². The number of methoxy groups -OCH3 is 1. The summed E-state index contributed by atoms with van der Waals surface area (Å²) in [6.45, 7) is 1.61. The van der Waals surface area contributed by atoms with Gasteiger partial charge in [-0.25, -0.2) is 0 Å². The van der Waals surface area contributed by atoms with E-state index in [9.17, 15) is 0 Å². The van der Waals surface area contributed by atoms with Gasteiger partial charge in [0.25, 0.3) is 0 Å². The minimum absolute atomic E-state index is 0.0304. The van der Waals surface area contributed by atoms with E-state index in [-0.39, 0.29) is 5.41 Å². The van der Waals surface area contributed by atoms with Crippen molar-refractivity contribution in [2.45, 2.75) is 62.6 Å². The van der Waals surface area contributed by atoms with Crippen LogP contribution in [-0.4, -0.2) is 24.6 Å². The fraction of sp³-hybridized carbons (Fsp3) is 0.333. The Labute approximate surface area is 249 Å². The summed E-state index contributed by atoms with van der Waals surface area (Å²) in [4.78, 5) is 2.91. The van der Waals surface area contributed by atoms with Crippen molar-refractivity contribution < 1.29 is 9.47 Å². The zero-order valence-corrected chi connectivity index (χ0v) is 24.5. The number of nitrogens with zero attached hydrogens (tertiary/aromatic N) is 1. The Morgan fingerprint density at radius 1 is 0.810 bits per heavy atom. The summed E-state index contributed by atoms with van der Waals surface area (Å²) in [5.41, 5.74) is 10.00. The molecule has 0 amide bonds. The van der Waals surface area contributed by atoms with Crippen LogP contribution >= 0.6 is 0 Å². The van der Waals surface area contributed by atoms with Crippen molar-refractivity contribution in [2.24, 2.45) is 5.92 Å². The highest BCUT2D eigenvalue weighted by Gasteiger charge is 2.55. The molecule has 0 saturated carbocycles. The first-order valence-corrected chi connectivity index (χ1v) is 15.7.